The highest BCUT2D eigenvalue weighted by Gasteiger charge is 2.18. The van der Waals surface area contributed by atoms with Gasteiger partial charge in [-0.3, -0.25) is 0 Å². The summed E-state index contributed by atoms with van der Waals surface area (Å²) in [4.78, 5) is 0. The molecule has 0 bridgehead atoms. The predicted molar refractivity (Wildman–Crippen MR) is 81.8 cm³/mol. The Hall–Kier alpha value is -1.85. The second-order valence-corrected chi connectivity index (χ2v) is 5.79. The summed E-state index contributed by atoms with van der Waals surface area (Å²) in [6, 6.07) is 8.41. The van der Waals surface area contributed by atoms with Gasteiger partial charge in [-0.05, 0) is 23.6 Å². The average molecular weight is 300 g/mol. The first kappa shape index (κ1) is 13.8. The Labute approximate surface area is 129 Å². The third-order valence-corrected chi connectivity index (χ3v) is 4.16. The van der Waals surface area contributed by atoms with E-state index in [4.69, 9.17) is 14.2 Å². The minimum absolute atomic E-state index is 0.232. The second-order valence-electron chi connectivity index (χ2n) is 5.79. The van der Waals surface area contributed by atoms with E-state index in [9.17, 15) is 0 Å². The molecule has 0 spiro atoms. The maximum atomic E-state index is 5.90. The highest BCUT2D eigenvalue weighted by Crippen LogP contribution is 2.32. The van der Waals surface area contributed by atoms with Crippen LogP contribution in [-0.2, 0) is 22.6 Å². The molecule has 116 valence electrons. The number of benzene rings is 1. The van der Waals surface area contributed by atoms with Crippen molar-refractivity contribution >= 4 is 0 Å². The number of aromatic nitrogens is 2. The van der Waals surface area contributed by atoms with Crippen molar-refractivity contribution in [1.82, 2.24) is 9.78 Å². The fourth-order valence-corrected chi connectivity index (χ4v) is 2.95. The van der Waals surface area contributed by atoms with E-state index in [0.717, 1.165) is 49.6 Å². The van der Waals surface area contributed by atoms with Crippen LogP contribution in [0.2, 0.25) is 0 Å². The maximum absolute atomic E-state index is 5.90. The smallest absolute Gasteiger partial charge is 0.219 e. The zero-order valence-electron chi connectivity index (χ0n) is 12.5. The predicted octanol–water partition coefficient (Wildman–Crippen LogP) is 2.64. The summed E-state index contributed by atoms with van der Waals surface area (Å²) in [5.41, 5.74) is 3.36. The first-order valence-corrected chi connectivity index (χ1v) is 7.87. The molecule has 0 unspecified atom stereocenters. The van der Waals surface area contributed by atoms with Gasteiger partial charge in [0.25, 0.3) is 0 Å². The normalized spacial score (nSPS) is 20.6. The third-order valence-electron chi connectivity index (χ3n) is 4.16. The van der Waals surface area contributed by atoms with Gasteiger partial charge in [0.15, 0.2) is 0 Å². The molecule has 0 saturated carbocycles. The van der Waals surface area contributed by atoms with Crippen molar-refractivity contribution in [1.29, 1.82) is 0 Å². The highest BCUT2D eigenvalue weighted by atomic mass is 16.5. The summed E-state index contributed by atoms with van der Waals surface area (Å²) in [7, 11) is 0. The molecule has 1 atom stereocenters. The SMILES string of the molecule is c1cc(CO[C@H]2CCOC2)cc(-c2cnn3c2OCCC3)c1. The Morgan fingerprint density at radius 3 is 3.23 bits per heavy atom. The lowest BCUT2D eigenvalue weighted by Crippen LogP contribution is -2.14. The number of nitrogens with zero attached hydrogens (tertiary/aromatic N) is 2. The molecule has 0 amide bonds. The van der Waals surface area contributed by atoms with Crippen LogP contribution in [0.15, 0.2) is 30.5 Å². The Kier molecular flexibility index (Phi) is 3.83. The molecule has 0 N–H and O–H groups in total. The van der Waals surface area contributed by atoms with E-state index in [-0.39, 0.29) is 6.10 Å². The van der Waals surface area contributed by atoms with Gasteiger partial charge in [0.1, 0.15) is 0 Å². The molecular formula is C17H20N2O3. The van der Waals surface area contributed by atoms with E-state index in [1.807, 2.05) is 10.9 Å². The number of aryl methyl sites for hydroxylation is 1. The van der Waals surface area contributed by atoms with Crippen LogP contribution in [0.4, 0.5) is 0 Å². The summed E-state index contributed by atoms with van der Waals surface area (Å²) in [5, 5.41) is 4.42. The average Bonchev–Trinajstić information content (AvgIpc) is 3.23. The first-order valence-electron chi connectivity index (χ1n) is 7.87. The quantitative estimate of drug-likeness (QED) is 0.871. The molecule has 3 heterocycles. The minimum atomic E-state index is 0.232. The molecule has 4 rings (SSSR count). The lowest BCUT2D eigenvalue weighted by Gasteiger charge is -2.16. The van der Waals surface area contributed by atoms with E-state index in [0.29, 0.717) is 13.2 Å². The Bertz CT molecular complexity index is 647. The Morgan fingerprint density at radius 2 is 2.32 bits per heavy atom. The van der Waals surface area contributed by atoms with E-state index in [1.54, 1.807) is 0 Å². The van der Waals surface area contributed by atoms with Crippen molar-refractivity contribution < 1.29 is 14.2 Å². The molecule has 1 fully saturated rings. The number of hydrogen-bond acceptors (Lipinski definition) is 4. The van der Waals surface area contributed by atoms with Gasteiger partial charge in [0.2, 0.25) is 5.88 Å². The monoisotopic (exact) mass is 300 g/mol. The van der Waals surface area contributed by atoms with Crippen LogP contribution < -0.4 is 4.74 Å². The van der Waals surface area contributed by atoms with Crippen molar-refractivity contribution in [3.8, 4) is 17.0 Å². The van der Waals surface area contributed by atoms with Gasteiger partial charge in [0, 0.05) is 19.6 Å². The standard InChI is InChI=1S/C17H20N2O3/c1-3-13(11-22-15-5-8-20-12-15)9-14(4-1)16-10-18-19-6-2-7-21-17(16)19/h1,3-4,9-10,15H,2,5-8,11-12H2/t15-/m0/s1. The summed E-state index contributed by atoms with van der Waals surface area (Å²) >= 11 is 0. The Balaban J connectivity index is 1.52. The lowest BCUT2D eigenvalue weighted by atomic mass is 10.1. The lowest BCUT2D eigenvalue weighted by molar-refractivity contribution is 0.0318. The summed E-state index contributed by atoms with van der Waals surface area (Å²) in [6.45, 7) is 3.84. The van der Waals surface area contributed by atoms with Crippen molar-refractivity contribution in [2.45, 2.75) is 32.1 Å². The van der Waals surface area contributed by atoms with E-state index in [1.165, 1.54) is 5.56 Å². The van der Waals surface area contributed by atoms with Crippen LogP contribution in [0.5, 0.6) is 5.88 Å². The van der Waals surface area contributed by atoms with Crippen molar-refractivity contribution in [2.75, 3.05) is 19.8 Å². The molecule has 5 nitrogen and oxygen atoms in total. The van der Waals surface area contributed by atoms with Gasteiger partial charge in [-0.25, -0.2) is 4.68 Å². The highest BCUT2D eigenvalue weighted by molar-refractivity contribution is 5.68. The molecule has 2 aromatic rings. The zero-order chi connectivity index (χ0) is 14.8. The molecule has 2 aliphatic heterocycles. The largest absolute Gasteiger partial charge is 0.477 e. The van der Waals surface area contributed by atoms with Crippen molar-refractivity contribution in [2.24, 2.45) is 0 Å². The Morgan fingerprint density at radius 1 is 1.32 bits per heavy atom. The number of ether oxygens (including phenoxy) is 3. The van der Waals surface area contributed by atoms with Crippen molar-refractivity contribution in [3.05, 3.63) is 36.0 Å². The van der Waals surface area contributed by atoms with Crippen LogP contribution in [0.25, 0.3) is 11.1 Å². The van der Waals surface area contributed by atoms with Gasteiger partial charge < -0.3 is 14.2 Å². The number of fused-ring (bicyclic) bond motifs is 1. The number of hydrogen-bond donors (Lipinski definition) is 0. The van der Waals surface area contributed by atoms with Crippen LogP contribution >= 0.6 is 0 Å². The third kappa shape index (κ3) is 2.74. The molecule has 1 aromatic heterocycles. The maximum Gasteiger partial charge on any atom is 0.219 e. The van der Waals surface area contributed by atoms with Crippen LogP contribution in [0, 0.1) is 0 Å². The fourth-order valence-electron chi connectivity index (χ4n) is 2.95. The molecule has 1 saturated heterocycles. The molecule has 5 heteroatoms. The van der Waals surface area contributed by atoms with E-state index in [2.05, 4.69) is 29.4 Å². The summed E-state index contributed by atoms with van der Waals surface area (Å²) in [6.07, 6.45) is 4.14. The van der Waals surface area contributed by atoms with E-state index >= 15 is 0 Å². The van der Waals surface area contributed by atoms with Crippen LogP contribution in [0.3, 0.4) is 0 Å². The van der Waals surface area contributed by atoms with Gasteiger partial charge in [-0.1, -0.05) is 18.2 Å². The van der Waals surface area contributed by atoms with Gasteiger partial charge >= 0.3 is 0 Å². The molecule has 0 aliphatic carbocycles. The topological polar surface area (TPSA) is 45.5 Å². The van der Waals surface area contributed by atoms with E-state index < -0.39 is 0 Å². The minimum Gasteiger partial charge on any atom is -0.477 e. The molecular weight excluding hydrogens is 280 g/mol. The van der Waals surface area contributed by atoms with Crippen LogP contribution in [0.1, 0.15) is 18.4 Å². The number of rotatable bonds is 4. The fraction of sp³-hybridized carbons (Fsp3) is 0.471. The van der Waals surface area contributed by atoms with Gasteiger partial charge in [0.05, 0.1) is 37.7 Å². The second kappa shape index (κ2) is 6.10. The van der Waals surface area contributed by atoms with Gasteiger partial charge in [-0.15, -0.1) is 0 Å². The summed E-state index contributed by atoms with van der Waals surface area (Å²) in [5.74, 6) is 0.883. The molecule has 2 aliphatic rings. The van der Waals surface area contributed by atoms with Gasteiger partial charge in [-0.2, -0.15) is 5.10 Å². The van der Waals surface area contributed by atoms with Crippen LogP contribution in [-0.4, -0.2) is 35.7 Å². The molecule has 1 aromatic carbocycles. The summed E-state index contributed by atoms with van der Waals surface area (Å²) < 4.78 is 19.0. The first-order chi connectivity index (χ1) is 10.9. The van der Waals surface area contributed by atoms with Crippen molar-refractivity contribution in [3.63, 3.8) is 0 Å². The molecule has 22 heavy (non-hydrogen) atoms. The zero-order valence-corrected chi connectivity index (χ0v) is 12.5. The molecule has 0 radical (unpaired) electrons.